The number of rotatable bonds is 7. The highest BCUT2D eigenvalue weighted by molar-refractivity contribution is 6.22. The Labute approximate surface area is 184 Å². The molecule has 0 saturated heterocycles. The van der Waals surface area contributed by atoms with Crippen molar-refractivity contribution in [2.75, 3.05) is 43.5 Å². The van der Waals surface area contributed by atoms with Gasteiger partial charge in [-0.1, -0.05) is 42.0 Å². The predicted molar refractivity (Wildman–Crippen MR) is 124 cm³/mol. The number of para-hydroxylation sites is 2. The summed E-state index contributed by atoms with van der Waals surface area (Å²) in [6.07, 6.45) is 1.28. The van der Waals surface area contributed by atoms with Crippen molar-refractivity contribution in [3.05, 3.63) is 71.1 Å². The molecule has 0 unspecified atom stereocenters. The van der Waals surface area contributed by atoms with E-state index in [0.29, 0.717) is 19.5 Å². The summed E-state index contributed by atoms with van der Waals surface area (Å²) in [4.78, 5) is 32.6. The van der Waals surface area contributed by atoms with E-state index in [1.54, 1.807) is 0 Å². The molecule has 2 aliphatic heterocycles. The van der Waals surface area contributed by atoms with E-state index in [1.165, 1.54) is 5.56 Å². The first-order valence-corrected chi connectivity index (χ1v) is 10.9. The summed E-state index contributed by atoms with van der Waals surface area (Å²) in [6, 6.07) is 16.2. The molecule has 2 aromatic carbocycles. The summed E-state index contributed by atoms with van der Waals surface area (Å²) in [5.74, 6) is 0.353. The number of carbonyl (C=O) groups is 2. The third kappa shape index (κ3) is 4.35. The van der Waals surface area contributed by atoms with Crippen molar-refractivity contribution in [1.82, 2.24) is 10.2 Å². The maximum absolute atomic E-state index is 13.2. The Balaban J connectivity index is 1.64. The molecule has 1 amide bonds. The summed E-state index contributed by atoms with van der Waals surface area (Å²) in [6.45, 7) is 4.73. The third-order valence-corrected chi connectivity index (χ3v) is 5.83. The molecule has 6 nitrogen and oxygen atoms in total. The Morgan fingerprint density at radius 1 is 1.06 bits per heavy atom. The minimum atomic E-state index is -0.296. The molecule has 2 aromatic rings. The summed E-state index contributed by atoms with van der Waals surface area (Å²) in [7, 11) is 4.11. The molecule has 0 aromatic heterocycles. The van der Waals surface area contributed by atoms with Gasteiger partial charge in [0.2, 0.25) is 0 Å². The van der Waals surface area contributed by atoms with Gasteiger partial charge in [0.15, 0.2) is 5.78 Å². The van der Waals surface area contributed by atoms with E-state index in [9.17, 15) is 9.59 Å². The Kier molecular flexibility index (Phi) is 6.09. The van der Waals surface area contributed by atoms with E-state index in [4.69, 9.17) is 0 Å². The minimum Gasteiger partial charge on any atom is -0.348 e. The molecule has 0 spiro atoms. The van der Waals surface area contributed by atoms with E-state index in [2.05, 4.69) is 46.2 Å². The van der Waals surface area contributed by atoms with E-state index in [-0.39, 0.29) is 17.3 Å². The Morgan fingerprint density at radius 2 is 1.77 bits per heavy atom. The quantitative estimate of drug-likeness (QED) is 0.701. The van der Waals surface area contributed by atoms with E-state index >= 15 is 0 Å². The first-order chi connectivity index (χ1) is 15.0. The molecule has 4 rings (SSSR count). The Bertz CT molecular complexity index is 1010. The normalized spacial score (nSPS) is 15.4. The van der Waals surface area contributed by atoms with Crippen LogP contribution >= 0.6 is 0 Å². The van der Waals surface area contributed by atoms with Crippen LogP contribution in [-0.2, 0) is 16.1 Å². The number of Topliss-reactive ketones (excluding diaryl/α,β-unsaturated/α-hetero) is 1. The molecular weight excluding hydrogens is 388 g/mol. The molecule has 2 aliphatic rings. The standard InChI is InChI=1S/C25H30N4O2/c1-18-9-11-19(12-10-18)17-26-24(31)23-22(30)13-16-29-21-8-5-4-7-20(21)28(25(23)29)15-6-14-27(2)3/h4-5,7-12H,6,13-17H2,1-3H3,(H,26,31). The molecule has 2 heterocycles. The largest absolute Gasteiger partial charge is 0.348 e. The lowest BCUT2D eigenvalue weighted by atomic mass is 10.0. The van der Waals surface area contributed by atoms with Crippen molar-refractivity contribution in [3.63, 3.8) is 0 Å². The molecule has 31 heavy (non-hydrogen) atoms. The lowest BCUT2D eigenvalue weighted by Gasteiger charge is -2.31. The second kappa shape index (κ2) is 8.94. The fraction of sp³-hybridized carbons (Fsp3) is 0.360. The van der Waals surface area contributed by atoms with E-state index in [1.807, 2.05) is 43.3 Å². The zero-order valence-electron chi connectivity index (χ0n) is 18.5. The SMILES string of the molecule is Cc1ccc(CNC(=O)C2=C3N(CCCN(C)C)c4ccccc4N3CCC2=O)cc1. The number of fused-ring (bicyclic) bond motifs is 3. The highest BCUT2D eigenvalue weighted by Gasteiger charge is 2.40. The molecule has 0 saturated carbocycles. The fourth-order valence-corrected chi connectivity index (χ4v) is 4.23. The number of benzene rings is 2. The van der Waals surface area contributed by atoms with Crippen LogP contribution in [0.3, 0.4) is 0 Å². The number of aryl methyl sites for hydroxylation is 1. The number of nitrogens with zero attached hydrogens (tertiary/aromatic N) is 3. The lowest BCUT2D eigenvalue weighted by molar-refractivity contribution is -0.123. The molecule has 0 atom stereocenters. The highest BCUT2D eigenvalue weighted by atomic mass is 16.2. The topological polar surface area (TPSA) is 55.9 Å². The second-order valence-corrected chi connectivity index (χ2v) is 8.49. The second-order valence-electron chi connectivity index (χ2n) is 8.49. The number of hydrogen-bond donors (Lipinski definition) is 1. The molecule has 1 N–H and O–H groups in total. The maximum atomic E-state index is 13.2. The predicted octanol–water partition coefficient (Wildman–Crippen LogP) is 3.07. The molecule has 6 heteroatoms. The van der Waals surface area contributed by atoms with Gasteiger partial charge >= 0.3 is 0 Å². The van der Waals surface area contributed by atoms with E-state index in [0.717, 1.165) is 42.3 Å². The fourth-order valence-electron chi connectivity index (χ4n) is 4.23. The van der Waals surface area contributed by atoms with Crippen LogP contribution in [0, 0.1) is 6.92 Å². The number of hydrogen-bond acceptors (Lipinski definition) is 5. The van der Waals surface area contributed by atoms with Gasteiger partial charge in [0.05, 0.1) is 11.4 Å². The molecule has 0 radical (unpaired) electrons. The van der Waals surface area contributed by atoms with Crippen molar-refractivity contribution in [1.29, 1.82) is 0 Å². The minimum absolute atomic E-state index is 0.0851. The number of amides is 1. The summed E-state index contributed by atoms with van der Waals surface area (Å²) < 4.78 is 0. The summed E-state index contributed by atoms with van der Waals surface area (Å²) >= 11 is 0. The van der Waals surface area contributed by atoms with Gasteiger partial charge in [-0.2, -0.15) is 0 Å². The maximum Gasteiger partial charge on any atom is 0.258 e. The van der Waals surface area contributed by atoms with Gasteiger partial charge in [-0.25, -0.2) is 0 Å². The smallest absolute Gasteiger partial charge is 0.258 e. The number of nitrogens with one attached hydrogen (secondary N) is 1. The van der Waals surface area contributed by atoms with Crippen LogP contribution in [0.2, 0.25) is 0 Å². The monoisotopic (exact) mass is 418 g/mol. The van der Waals surface area contributed by atoms with Crippen LogP contribution in [0.1, 0.15) is 24.0 Å². The van der Waals surface area contributed by atoms with Gasteiger partial charge in [-0.15, -0.1) is 0 Å². The Hall–Kier alpha value is -3.12. The molecule has 0 aliphatic carbocycles. The molecule has 162 valence electrons. The van der Waals surface area contributed by atoms with Gasteiger partial charge in [0.25, 0.3) is 5.91 Å². The average molecular weight is 419 g/mol. The zero-order valence-corrected chi connectivity index (χ0v) is 18.5. The molecule has 0 fully saturated rings. The van der Waals surface area contributed by atoms with Gasteiger partial charge < -0.3 is 20.0 Å². The zero-order chi connectivity index (χ0) is 22.0. The first kappa shape index (κ1) is 21.1. The number of carbonyl (C=O) groups excluding carboxylic acids is 2. The first-order valence-electron chi connectivity index (χ1n) is 10.9. The van der Waals surface area contributed by atoms with Crippen molar-refractivity contribution < 1.29 is 9.59 Å². The van der Waals surface area contributed by atoms with Gasteiger partial charge in [0.1, 0.15) is 11.4 Å². The van der Waals surface area contributed by atoms with Crippen molar-refractivity contribution in [2.45, 2.75) is 26.3 Å². The number of anilines is 2. The van der Waals surface area contributed by atoms with Crippen LogP contribution in [0.25, 0.3) is 0 Å². The van der Waals surface area contributed by atoms with Crippen molar-refractivity contribution >= 4 is 23.1 Å². The van der Waals surface area contributed by atoms with Crippen LogP contribution < -0.4 is 15.1 Å². The van der Waals surface area contributed by atoms with Crippen molar-refractivity contribution in [3.8, 4) is 0 Å². The lowest BCUT2D eigenvalue weighted by Crippen LogP contribution is -2.42. The summed E-state index contributed by atoms with van der Waals surface area (Å²) in [5, 5.41) is 2.97. The van der Waals surface area contributed by atoms with Gasteiger partial charge in [-0.3, -0.25) is 9.59 Å². The van der Waals surface area contributed by atoms with E-state index < -0.39 is 0 Å². The van der Waals surface area contributed by atoms with Crippen LogP contribution in [0.15, 0.2) is 59.9 Å². The van der Waals surface area contributed by atoms with Crippen LogP contribution in [0.4, 0.5) is 11.4 Å². The number of ketones is 1. The van der Waals surface area contributed by atoms with Crippen LogP contribution in [0.5, 0.6) is 0 Å². The van der Waals surface area contributed by atoms with Crippen LogP contribution in [-0.4, -0.2) is 50.3 Å². The highest BCUT2D eigenvalue weighted by Crippen LogP contribution is 2.44. The van der Waals surface area contributed by atoms with Gasteiger partial charge in [0, 0.05) is 26.1 Å². The average Bonchev–Trinajstić information content (AvgIpc) is 3.06. The molecule has 0 bridgehead atoms. The van der Waals surface area contributed by atoms with Crippen molar-refractivity contribution in [2.24, 2.45) is 0 Å². The summed E-state index contributed by atoms with van der Waals surface area (Å²) in [5.41, 5.74) is 4.60. The molecular formula is C25H30N4O2. The van der Waals surface area contributed by atoms with Gasteiger partial charge in [-0.05, 0) is 51.7 Å². The Morgan fingerprint density at radius 3 is 2.48 bits per heavy atom. The third-order valence-electron chi connectivity index (χ3n) is 5.83.